The van der Waals surface area contributed by atoms with Gasteiger partial charge in [-0.1, -0.05) is 0 Å². The summed E-state index contributed by atoms with van der Waals surface area (Å²) >= 11 is 3.10. The Bertz CT molecular complexity index is 650. The van der Waals surface area contributed by atoms with E-state index < -0.39 is 17.6 Å². The number of nitrogens with one attached hydrogen (secondary N) is 1. The van der Waals surface area contributed by atoms with Gasteiger partial charge in [0.1, 0.15) is 23.0 Å². The zero-order chi connectivity index (χ0) is 14.0. The Balaban J connectivity index is 2.40. The van der Waals surface area contributed by atoms with E-state index in [1.165, 1.54) is 18.3 Å². The first kappa shape index (κ1) is 13.4. The van der Waals surface area contributed by atoms with E-state index in [0.29, 0.717) is 10.5 Å². The Kier molecular flexibility index (Phi) is 3.75. The Morgan fingerprint density at radius 2 is 2.05 bits per heavy atom. The van der Waals surface area contributed by atoms with Crippen molar-refractivity contribution in [3.05, 3.63) is 52.1 Å². The van der Waals surface area contributed by atoms with Gasteiger partial charge in [0.25, 0.3) is 0 Å². The minimum atomic E-state index is -1.21. The van der Waals surface area contributed by atoms with Crippen LogP contribution in [0.4, 0.5) is 20.3 Å². The molecule has 0 spiro atoms. The second-order valence-corrected chi connectivity index (χ2v) is 4.52. The number of aromatic nitrogens is 1. The van der Waals surface area contributed by atoms with E-state index in [0.717, 1.165) is 6.07 Å². The molecule has 1 aromatic heterocycles. The van der Waals surface area contributed by atoms with E-state index >= 15 is 0 Å². The summed E-state index contributed by atoms with van der Waals surface area (Å²) in [6, 6.07) is 4.26. The molecule has 0 atom stereocenters. The van der Waals surface area contributed by atoms with Crippen LogP contribution in [0.1, 0.15) is 10.4 Å². The van der Waals surface area contributed by atoms with Gasteiger partial charge >= 0.3 is 5.97 Å². The van der Waals surface area contributed by atoms with Crippen LogP contribution in [0, 0.1) is 11.6 Å². The fraction of sp³-hybridized carbons (Fsp3) is 0. The highest BCUT2D eigenvalue weighted by Crippen LogP contribution is 2.24. The molecule has 0 radical (unpaired) electrons. The maximum atomic E-state index is 13.5. The highest BCUT2D eigenvalue weighted by atomic mass is 79.9. The van der Waals surface area contributed by atoms with Crippen LogP contribution in [0.25, 0.3) is 0 Å². The van der Waals surface area contributed by atoms with E-state index in [1.807, 2.05) is 0 Å². The molecule has 0 aliphatic heterocycles. The lowest BCUT2D eigenvalue weighted by molar-refractivity contribution is 0.0697. The van der Waals surface area contributed by atoms with Crippen LogP contribution in [0.2, 0.25) is 0 Å². The Labute approximate surface area is 115 Å². The minimum absolute atomic E-state index is 0.0267. The quantitative estimate of drug-likeness (QED) is 0.904. The molecule has 2 rings (SSSR count). The number of hydrogen-bond donors (Lipinski definition) is 2. The summed E-state index contributed by atoms with van der Waals surface area (Å²) < 4.78 is 26.7. The maximum Gasteiger partial charge on any atom is 0.339 e. The zero-order valence-corrected chi connectivity index (χ0v) is 10.9. The van der Waals surface area contributed by atoms with Crippen molar-refractivity contribution in [3.8, 4) is 0 Å². The summed E-state index contributed by atoms with van der Waals surface area (Å²) in [4.78, 5) is 14.9. The molecule has 0 saturated carbocycles. The second kappa shape index (κ2) is 5.31. The number of carboxylic acid groups (broad SMARTS) is 1. The maximum absolute atomic E-state index is 13.5. The number of carboxylic acids is 1. The molecule has 0 aliphatic carbocycles. The fourth-order valence-corrected chi connectivity index (χ4v) is 1.75. The summed E-state index contributed by atoms with van der Waals surface area (Å²) in [6.07, 6.45) is 1.37. The molecular weight excluding hydrogens is 322 g/mol. The Morgan fingerprint density at radius 1 is 1.32 bits per heavy atom. The lowest BCUT2D eigenvalue weighted by atomic mass is 10.2. The van der Waals surface area contributed by atoms with E-state index in [1.54, 1.807) is 0 Å². The second-order valence-electron chi connectivity index (χ2n) is 3.60. The number of rotatable bonds is 3. The third-order valence-electron chi connectivity index (χ3n) is 2.27. The highest BCUT2D eigenvalue weighted by Gasteiger charge is 2.14. The number of anilines is 2. The van der Waals surface area contributed by atoms with Gasteiger partial charge in [-0.15, -0.1) is 0 Å². The molecule has 0 fully saturated rings. The number of hydrogen-bond acceptors (Lipinski definition) is 3. The van der Waals surface area contributed by atoms with Gasteiger partial charge in [0.15, 0.2) is 0 Å². The molecule has 2 N–H and O–H groups in total. The van der Waals surface area contributed by atoms with Gasteiger partial charge in [-0.2, -0.15) is 0 Å². The van der Waals surface area contributed by atoms with E-state index in [-0.39, 0.29) is 17.1 Å². The van der Waals surface area contributed by atoms with Crippen molar-refractivity contribution in [1.82, 2.24) is 4.98 Å². The van der Waals surface area contributed by atoms with Crippen LogP contribution in [0.15, 0.2) is 34.9 Å². The first-order valence-electron chi connectivity index (χ1n) is 5.08. The topological polar surface area (TPSA) is 62.2 Å². The smallest absolute Gasteiger partial charge is 0.339 e. The lowest BCUT2D eigenvalue weighted by Crippen LogP contribution is -2.06. The van der Waals surface area contributed by atoms with Crippen molar-refractivity contribution in [2.45, 2.75) is 0 Å². The van der Waals surface area contributed by atoms with Crippen LogP contribution < -0.4 is 5.32 Å². The SMILES string of the molecule is O=C(O)c1cc(Br)cnc1Nc1ccc(F)cc1F. The number of aromatic carboxylic acids is 1. The van der Waals surface area contributed by atoms with Gasteiger partial charge in [0.05, 0.1) is 5.69 Å². The lowest BCUT2D eigenvalue weighted by Gasteiger charge is -2.09. The molecule has 2 aromatic rings. The predicted octanol–water partition coefficient (Wildman–Crippen LogP) is 3.56. The van der Waals surface area contributed by atoms with Gasteiger partial charge in [-0.3, -0.25) is 0 Å². The number of pyridine rings is 1. The summed E-state index contributed by atoms with van der Waals surface area (Å²) in [5, 5.41) is 11.5. The summed E-state index contributed by atoms with van der Waals surface area (Å²) in [5.74, 6) is -2.79. The first-order valence-corrected chi connectivity index (χ1v) is 5.87. The largest absolute Gasteiger partial charge is 0.478 e. The molecule has 0 saturated heterocycles. The van der Waals surface area contributed by atoms with Crippen molar-refractivity contribution in [1.29, 1.82) is 0 Å². The van der Waals surface area contributed by atoms with Crippen molar-refractivity contribution in [2.24, 2.45) is 0 Å². The Hall–Kier alpha value is -2.02. The van der Waals surface area contributed by atoms with Crippen molar-refractivity contribution in [2.75, 3.05) is 5.32 Å². The molecule has 7 heteroatoms. The molecule has 19 heavy (non-hydrogen) atoms. The van der Waals surface area contributed by atoms with Gasteiger partial charge in [0, 0.05) is 16.7 Å². The average Bonchev–Trinajstić information content (AvgIpc) is 2.34. The number of carbonyl (C=O) groups is 1. The number of halogens is 3. The molecule has 0 bridgehead atoms. The summed E-state index contributed by atoms with van der Waals surface area (Å²) in [6.45, 7) is 0. The predicted molar refractivity (Wildman–Crippen MR) is 68.5 cm³/mol. The summed E-state index contributed by atoms with van der Waals surface area (Å²) in [5.41, 5.74) is -0.183. The molecule has 0 amide bonds. The highest BCUT2D eigenvalue weighted by molar-refractivity contribution is 9.10. The van der Waals surface area contributed by atoms with Crippen LogP contribution >= 0.6 is 15.9 Å². The molecule has 4 nitrogen and oxygen atoms in total. The van der Waals surface area contributed by atoms with Crippen LogP contribution in [0.3, 0.4) is 0 Å². The normalized spacial score (nSPS) is 10.3. The third kappa shape index (κ3) is 3.05. The molecule has 0 aliphatic rings. The van der Waals surface area contributed by atoms with Gasteiger partial charge in [-0.05, 0) is 34.1 Å². The standard InChI is InChI=1S/C12H7BrF2N2O2/c13-6-3-8(12(18)19)11(16-5-6)17-10-2-1-7(14)4-9(10)15/h1-5H,(H,16,17)(H,18,19). The van der Waals surface area contributed by atoms with Crippen LogP contribution in [-0.4, -0.2) is 16.1 Å². The monoisotopic (exact) mass is 328 g/mol. The molecule has 98 valence electrons. The van der Waals surface area contributed by atoms with Crippen molar-refractivity contribution < 1.29 is 18.7 Å². The first-order chi connectivity index (χ1) is 8.97. The van der Waals surface area contributed by atoms with Crippen LogP contribution in [-0.2, 0) is 0 Å². The van der Waals surface area contributed by atoms with E-state index in [4.69, 9.17) is 5.11 Å². The van der Waals surface area contributed by atoms with E-state index in [9.17, 15) is 13.6 Å². The summed E-state index contributed by atoms with van der Waals surface area (Å²) in [7, 11) is 0. The van der Waals surface area contributed by atoms with E-state index in [2.05, 4.69) is 26.2 Å². The Morgan fingerprint density at radius 3 is 2.68 bits per heavy atom. The molecule has 1 aromatic carbocycles. The van der Waals surface area contributed by atoms with Crippen LogP contribution in [0.5, 0.6) is 0 Å². The number of benzene rings is 1. The molecule has 0 unspecified atom stereocenters. The minimum Gasteiger partial charge on any atom is -0.478 e. The molecule has 1 heterocycles. The van der Waals surface area contributed by atoms with Crippen molar-refractivity contribution >= 4 is 33.4 Å². The third-order valence-corrected chi connectivity index (χ3v) is 2.70. The van der Waals surface area contributed by atoms with Crippen molar-refractivity contribution in [3.63, 3.8) is 0 Å². The van der Waals surface area contributed by atoms with Gasteiger partial charge < -0.3 is 10.4 Å². The van der Waals surface area contributed by atoms with Gasteiger partial charge in [0.2, 0.25) is 0 Å². The molecular formula is C12H7BrF2N2O2. The average molecular weight is 329 g/mol. The fourth-order valence-electron chi connectivity index (χ4n) is 1.42. The number of nitrogens with zero attached hydrogens (tertiary/aromatic N) is 1. The van der Waals surface area contributed by atoms with Gasteiger partial charge in [-0.25, -0.2) is 18.6 Å². The zero-order valence-electron chi connectivity index (χ0n) is 9.32.